The lowest BCUT2D eigenvalue weighted by molar-refractivity contribution is 0.461. The Balaban J connectivity index is 1.93. The third-order valence-electron chi connectivity index (χ3n) is 3.58. The molecule has 0 aliphatic heterocycles. The van der Waals surface area contributed by atoms with Crippen molar-refractivity contribution >= 4 is 0 Å². The van der Waals surface area contributed by atoms with Gasteiger partial charge in [-0.05, 0) is 43.5 Å². The van der Waals surface area contributed by atoms with Gasteiger partial charge < -0.3 is 5.32 Å². The number of aryl methyl sites for hydroxylation is 2. The van der Waals surface area contributed by atoms with E-state index in [1.807, 2.05) is 17.1 Å². The number of aromatic nitrogens is 4. The van der Waals surface area contributed by atoms with Crippen LogP contribution in [0.5, 0.6) is 0 Å². The van der Waals surface area contributed by atoms with Crippen molar-refractivity contribution in [2.45, 2.75) is 52.1 Å². The van der Waals surface area contributed by atoms with Crippen LogP contribution in [0.15, 0.2) is 30.9 Å². The van der Waals surface area contributed by atoms with Gasteiger partial charge in [0.2, 0.25) is 0 Å². The van der Waals surface area contributed by atoms with Crippen LogP contribution in [-0.2, 0) is 19.4 Å². The highest BCUT2D eigenvalue weighted by atomic mass is 15.3. The van der Waals surface area contributed by atoms with Gasteiger partial charge in [-0.15, -0.1) is 0 Å². The molecule has 1 atom stereocenters. The van der Waals surface area contributed by atoms with Gasteiger partial charge in [0.25, 0.3) is 0 Å². The van der Waals surface area contributed by atoms with E-state index in [-0.39, 0.29) is 0 Å². The Bertz CT molecular complexity index is 508. The van der Waals surface area contributed by atoms with Gasteiger partial charge in [0, 0.05) is 31.4 Å². The highest BCUT2D eigenvalue weighted by molar-refractivity contribution is 5.10. The molecule has 114 valence electrons. The van der Waals surface area contributed by atoms with Crippen molar-refractivity contribution in [3.8, 4) is 0 Å². The minimum absolute atomic E-state index is 0.433. The number of nitrogens with one attached hydrogen (secondary N) is 1. The SMILES string of the molecule is CCCn1ncnc1CC(CCc1ccncc1)NCC. The molecule has 0 saturated heterocycles. The number of hydrogen-bond acceptors (Lipinski definition) is 4. The summed E-state index contributed by atoms with van der Waals surface area (Å²) in [5.41, 5.74) is 1.34. The van der Waals surface area contributed by atoms with Gasteiger partial charge in [0.1, 0.15) is 12.2 Å². The number of likely N-dealkylation sites (N-methyl/N-ethyl adjacent to an activating group) is 1. The maximum atomic E-state index is 4.41. The standard InChI is InChI=1S/C16H25N5/c1-3-11-21-16(19-13-20-21)12-15(18-4-2)6-5-14-7-9-17-10-8-14/h7-10,13,15,18H,3-6,11-12H2,1-2H3. The molecule has 5 nitrogen and oxygen atoms in total. The lowest BCUT2D eigenvalue weighted by atomic mass is 10.0. The molecular weight excluding hydrogens is 262 g/mol. The molecule has 0 aliphatic rings. The van der Waals surface area contributed by atoms with Crippen LogP contribution in [0.4, 0.5) is 0 Å². The number of pyridine rings is 1. The van der Waals surface area contributed by atoms with Crippen molar-refractivity contribution in [1.82, 2.24) is 25.1 Å². The summed E-state index contributed by atoms with van der Waals surface area (Å²) in [4.78, 5) is 8.48. The molecule has 0 spiro atoms. The van der Waals surface area contributed by atoms with Crippen molar-refractivity contribution in [3.05, 3.63) is 42.2 Å². The van der Waals surface area contributed by atoms with Gasteiger partial charge in [-0.2, -0.15) is 5.10 Å². The summed E-state index contributed by atoms with van der Waals surface area (Å²) in [7, 11) is 0. The van der Waals surface area contributed by atoms with Crippen LogP contribution < -0.4 is 5.32 Å². The predicted molar refractivity (Wildman–Crippen MR) is 84.0 cm³/mol. The monoisotopic (exact) mass is 287 g/mol. The van der Waals surface area contributed by atoms with Crippen molar-refractivity contribution in [3.63, 3.8) is 0 Å². The second kappa shape index (κ2) is 8.52. The minimum atomic E-state index is 0.433. The molecule has 0 aliphatic carbocycles. The molecule has 2 heterocycles. The first kappa shape index (κ1) is 15.6. The molecular formula is C16H25N5. The Morgan fingerprint density at radius 2 is 2.05 bits per heavy atom. The smallest absolute Gasteiger partial charge is 0.138 e. The second-order valence-electron chi connectivity index (χ2n) is 5.25. The molecule has 2 rings (SSSR count). The van der Waals surface area contributed by atoms with E-state index in [1.54, 1.807) is 6.33 Å². The average Bonchev–Trinajstić information content (AvgIpc) is 2.94. The fraction of sp³-hybridized carbons (Fsp3) is 0.562. The fourth-order valence-corrected chi connectivity index (χ4v) is 2.52. The predicted octanol–water partition coefficient (Wildman–Crippen LogP) is 2.24. The van der Waals surface area contributed by atoms with E-state index < -0.39 is 0 Å². The zero-order valence-electron chi connectivity index (χ0n) is 13.0. The van der Waals surface area contributed by atoms with E-state index in [0.717, 1.165) is 44.6 Å². The third kappa shape index (κ3) is 4.93. The van der Waals surface area contributed by atoms with Crippen LogP contribution in [0.3, 0.4) is 0 Å². The van der Waals surface area contributed by atoms with Crippen molar-refractivity contribution in [2.75, 3.05) is 6.54 Å². The molecule has 0 aromatic carbocycles. The van der Waals surface area contributed by atoms with Crippen LogP contribution in [0, 0.1) is 0 Å². The summed E-state index contributed by atoms with van der Waals surface area (Å²) < 4.78 is 2.02. The summed E-state index contributed by atoms with van der Waals surface area (Å²) in [5, 5.41) is 7.87. The third-order valence-corrected chi connectivity index (χ3v) is 3.58. The Morgan fingerprint density at radius 3 is 2.76 bits per heavy atom. The quantitative estimate of drug-likeness (QED) is 0.768. The lowest BCUT2D eigenvalue weighted by Crippen LogP contribution is -2.32. The first-order chi connectivity index (χ1) is 10.3. The maximum absolute atomic E-state index is 4.41. The average molecular weight is 287 g/mol. The van der Waals surface area contributed by atoms with Crippen LogP contribution in [0.2, 0.25) is 0 Å². The molecule has 0 saturated carbocycles. The van der Waals surface area contributed by atoms with E-state index in [9.17, 15) is 0 Å². The Hall–Kier alpha value is -1.75. The highest BCUT2D eigenvalue weighted by Gasteiger charge is 2.13. The molecule has 0 fully saturated rings. The number of nitrogens with zero attached hydrogens (tertiary/aromatic N) is 4. The minimum Gasteiger partial charge on any atom is -0.314 e. The van der Waals surface area contributed by atoms with Crippen molar-refractivity contribution in [2.24, 2.45) is 0 Å². The van der Waals surface area contributed by atoms with Gasteiger partial charge in [0.15, 0.2) is 0 Å². The van der Waals surface area contributed by atoms with E-state index in [4.69, 9.17) is 0 Å². The molecule has 0 amide bonds. The van der Waals surface area contributed by atoms with Crippen LogP contribution >= 0.6 is 0 Å². The number of hydrogen-bond donors (Lipinski definition) is 1. The van der Waals surface area contributed by atoms with Crippen LogP contribution in [0.25, 0.3) is 0 Å². The van der Waals surface area contributed by atoms with Gasteiger partial charge in [-0.1, -0.05) is 13.8 Å². The molecule has 5 heteroatoms. The van der Waals surface area contributed by atoms with Gasteiger partial charge in [-0.3, -0.25) is 9.67 Å². The summed E-state index contributed by atoms with van der Waals surface area (Å²) in [5.74, 6) is 1.08. The zero-order chi connectivity index (χ0) is 14.9. The number of rotatable bonds is 9. The molecule has 0 radical (unpaired) electrons. The first-order valence-corrected chi connectivity index (χ1v) is 7.82. The van der Waals surface area contributed by atoms with Gasteiger partial charge >= 0.3 is 0 Å². The van der Waals surface area contributed by atoms with Crippen LogP contribution in [-0.4, -0.2) is 32.3 Å². The van der Waals surface area contributed by atoms with E-state index >= 15 is 0 Å². The normalized spacial score (nSPS) is 12.5. The molecule has 1 N–H and O–H groups in total. The molecule has 2 aromatic rings. The van der Waals surface area contributed by atoms with Gasteiger partial charge in [0.05, 0.1) is 0 Å². The Morgan fingerprint density at radius 1 is 1.24 bits per heavy atom. The fourth-order valence-electron chi connectivity index (χ4n) is 2.52. The van der Waals surface area contributed by atoms with E-state index in [0.29, 0.717) is 6.04 Å². The highest BCUT2D eigenvalue weighted by Crippen LogP contribution is 2.09. The summed E-state index contributed by atoms with van der Waals surface area (Å²) >= 11 is 0. The topological polar surface area (TPSA) is 55.6 Å². The van der Waals surface area contributed by atoms with Crippen molar-refractivity contribution < 1.29 is 0 Å². The van der Waals surface area contributed by atoms with Crippen LogP contribution in [0.1, 0.15) is 38.1 Å². The maximum Gasteiger partial charge on any atom is 0.138 e. The Labute approximate surface area is 126 Å². The largest absolute Gasteiger partial charge is 0.314 e. The molecule has 1 unspecified atom stereocenters. The van der Waals surface area contributed by atoms with Gasteiger partial charge in [-0.25, -0.2) is 4.98 Å². The van der Waals surface area contributed by atoms with E-state index in [2.05, 4.69) is 46.4 Å². The molecule has 21 heavy (non-hydrogen) atoms. The first-order valence-electron chi connectivity index (χ1n) is 7.82. The molecule has 2 aromatic heterocycles. The summed E-state index contributed by atoms with van der Waals surface area (Å²) in [6.45, 7) is 6.23. The summed E-state index contributed by atoms with van der Waals surface area (Å²) in [6.07, 6.45) is 9.54. The summed E-state index contributed by atoms with van der Waals surface area (Å²) in [6, 6.07) is 4.61. The van der Waals surface area contributed by atoms with Crippen molar-refractivity contribution in [1.29, 1.82) is 0 Å². The van der Waals surface area contributed by atoms with E-state index in [1.165, 1.54) is 5.56 Å². The lowest BCUT2D eigenvalue weighted by Gasteiger charge is -2.17. The second-order valence-corrected chi connectivity index (χ2v) is 5.25. The zero-order valence-corrected chi connectivity index (χ0v) is 13.0. The molecule has 0 bridgehead atoms. The Kier molecular flexibility index (Phi) is 6.34.